The van der Waals surface area contributed by atoms with E-state index in [1.165, 1.54) is 26.0 Å². The van der Waals surface area contributed by atoms with Crippen LogP contribution in [-0.4, -0.2) is 53.7 Å². The van der Waals surface area contributed by atoms with E-state index in [4.69, 9.17) is 9.47 Å². The van der Waals surface area contributed by atoms with Gasteiger partial charge in [0, 0.05) is 23.9 Å². The Bertz CT molecular complexity index is 1050. The SMILES string of the molecule is CCCN1C(=O)C(CC(=O)Nc2cc(OC)ccc2OC)SC1=Nc1ccc(SC(F)F)cc1. The zero-order valence-corrected chi connectivity index (χ0v) is 20.6. The quantitative estimate of drug-likeness (QED) is 0.433. The Labute approximate surface area is 205 Å². The third-order valence-electron chi connectivity index (χ3n) is 4.81. The molecule has 2 aromatic rings. The number of hydrogen-bond donors (Lipinski definition) is 1. The third-order valence-corrected chi connectivity index (χ3v) is 6.70. The summed E-state index contributed by atoms with van der Waals surface area (Å²) >= 11 is 1.68. The maximum absolute atomic E-state index is 13.0. The fraction of sp³-hybridized carbons (Fsp3) is 0.348. The van der Waals surface area contributed by atoms with Crippen molar-refractivity contribution in [3.8, 4) is 11.5 Å². The lowest BCUT2D eigenvalue weighted by Crippen LogP contribution is -2.34. The number of amides is 2. The van der Waals surface area contributed by atoms with Gasteiger partial charge in [-0.2, -0.15) is 8.78 Å². The van der Waals surface area contributed by atoms with Gasteiger partial charge in [-0.05, 0) is 42.8 Å². The summed E-state index contributed by atoms with van der Waals surface area (Å²) in [5.74, 6) is -2.00. The standard InChI is InChI=1S/C23H25F2N3O4S2/c1-4-11-28-21(30)19(13-20(29)27-17-12-15(31-2)7-10-18(17)32-3)34-23(28)26-14-5-8-16(9-6-14)33-22(24)25/h5-10,12,19,22H,4,11,13H2,1-3H3,(H,27,29). The van der Waals surface area contributed by atoms with Gasteiger partial charge in [-0.15, -0.1) is 0 Å². The number of hydrogen-bond acceptors (Lipinski definition) is 7. The summed E-state index contributed by atoms with van der Waals surface area (Å²) in [6.07, 6.45) is 0.669. The van der Waals surface area contributed by atoms with Crippen molar-refractivity contribution in [1.82, 2.24) is 4.90 Å². The largest absolute Gasteiger partial charge is 0.497 e. The van der Waals surface area contributed by atoms with E-state index in [9.17, 15) is 18.4 Å². The number of ether oxygens (including phenoxy) is 2. The number of nitrogens with one attached hydrogen (secondary N) is 1. The summed E-state index contributed by atoms with van der Waals surface area (Å²) in [6, 6.07) is 11.4. The molecule has 182 valence electrons. The predicted molar refractivity (Wildman–Crippen MR) is 132 cm³/mol. The predicted octanol–water partition coefficient (Wildman–Crippen LogP) is 5.39. The van der Waals surface area contributed by atoms with Crippen LogP contribution in [0, 0.1) is 0 Å². The Morgan fingerprint density at radius 3 is 2.56 bits per heavy atom. The lowest BCUT2D eigenvalue weighted by Gasteiger charge is -2.15. The van der Waals surface area contributed by atoms with E-state index < -0.39 is 11.0 Å². The molecule has 0 radical (unpaired) electrons. The molecule has 1 fully saturated rings. The van der Waals surface area contributed by atoms with Crippen LogP contribution in [0.3, 0.4) is 0 Å². The molecule has 0 saturated carbocycles. The maximum Gasteiger partial charge on any atom is 0.288 e. The van der Waals surface area contributed by atoms with E-state index in [1.807, 2.05) is 6.92 Å². The Kier molecular flexibility index (Phi) is 9.17. The molecule has 1 aliphatic heterocycles. The molecule has 34 heavy (non-hydrogen) atoms. The van der Waals surface area contributed by atoms with Gasteiger partial charge in [0.15, 0.2) is 5.17 Å². The van der Waals surface area contributed by atoms with Gasteiger partial charge in [0.05, 0.1) is 25.6 Å². The average Bonchev–Trinajstić information content (AvgIpc) is 3.09. The molecule has 0 bridgehead atoms. The first kappa shape index (κ1) is 25.8. The Morgan fingerprint density at radius 2 is 1.94 bits per heavy atom. The molecule has 1 saturated heterocycles. The molecule has 0 aliphatic carbocycles. The van der Waals surface area contributed by atoms with E-state index in [0.717, 1.165) is 6.42 Å². The minimum atomic E-state index is -2.50. The molecule has 0 spiro atoms. The van der Waals surface area contributed by atoms with Gasteiger partial charge in [-0.25, -0.2) is 4.99 Å². The first-order chi connectivity index (χ1) is 16.3. The molecule has 7 nitrogen and oxygen atoms in total. The lowest BCUT2D eigenvalue weighted by molar-refractivity contribution is -0.128. The molecule has 11 heteroatoms. The van der Waals surface area contributed by atoms with Crippen molar-refractivity contribution in [2.75, 3.05) is 26.1 Å². The van der Waals surface area contributed by atoms with Gasteiger partial charge in [-0.3, -0.25) is 14.5 Å². The highest BCUT2D eigenvalue weighted by Crippen LogP contribution is 2.34. The van der Waals surface area contributed by atoms with Crippen molar-refractivity contribution < 1.29 is 27.8 Å². The maximum atomic E-state index is 13.0. The molecule has 2 aromatic carbocycles. The summed E-state index contributed by atoms with van der Waals surface area (Å²) in [5, 5.41) is 2.64. The highest BCUT2D eigenvalue weighted by molar-refractivity contribution is 8.15. The van der Waals surface area contributed by atoms with Gasteiger partial charge in [0.2, 0.25) is 11.8 Å². The fourth-order valence-corrected chi connectivity index (χ4v) is 4.93. The minimum absolute atomic E-state index is 0.0485. The number of methoxy groups -OCH3 is 2. The van der Waals surface area contributed by atoms with Gasteiger partial charge >= 0.3 is 0 Å². The Hall–Kier alpha value is -2.79. The summed E-state index contributed by atoms with van der Waals surface area (Å²) in [6.45, 7) is 2.41. The van der Waals surface area contributed by atoms with Crippen LogP contribution in [-0.2, 0) is 9.59 Å². The first-order valence-electron chi connectivity index (χ1n) is 10.5. The highest BCUT2D eigenvalue weighted by atomic mass is 32.2. The molecule has 1 N–H and O–H groups in total. The molecular formula is C23H25F2N3O4S2. The van der Waals surface area contributed by atoms with Gasteiger partial charge in [0.1, 0.15) is 16.7 Å². The molecule has 3 rings (SSSR count). The Morgan fingerprint density at radius 1 is 1.21 bits per heavy atom. The fourth-order valence-electron chi connectivity index (χ4n) is 3.25. The van der Waals surface area contributed by atoms with Crippen molar-refractivity contribution in [3.63, 3.8) is 0 Å². The van der Waals surface area contributed by atoms with Crippen molar-refractivity contribution in [3.05, 3.63) is 42.5 Å². The van der Waals surface area contributed by atoms with Crippen LogP contribution >= 0.6 is 23.5 Å². The lowest BCUT2D eigenvalue weighted by atomic mass is 10.2. The van der Waals surface area contributed by atoms with Crippen molar-refractivity contribution in [2.24, 2.45) is 4.99 Å². The zero-order chi connectivity index (χ0) is 24.7. The number of alkyl halides is 2. The number of rotatable bonds is 10. The van der Waals surface area contributed by atoms with Crippen molar-refractivity contribution in [2.45, 2.75) is 35.7 Å². The summed E-state index contributed by atoms with van der Waals surface area (Å²) in [4.78, 5) is 32.3. The zero-order valence-electron chi connectivity index (χ0n) is 18.9. The molecule has 0 aromatic heterocycles. The number of benzene rings is 2. The minimum Gasteiger partial charge on any atom is -0.497 e. The van der Waals surface area contributed by atoms with Crippen LogP contribution in [0.15, 0.2) is 52.4 Å². The van der Waals surface area contributed by atoms with Crippen LogP contribution in [0.1, 0.15) is 19.8 Å². The second kappa shape index (κ2) is 12.1. The number of amidine groups is 1. The molecule has 1 heterocycles. The van der Waals surface area contributed by atoms with E-state index in [0.29, 0.717) is 51.2 Å². The highest BCUT2D eigenvalue weighted by Gasteiger charge is 2.38. The van der Waals surface area contributed by atoms with E-state index >= 15 is 0 Å². The number of carbonyl (C=O) groups is 2. The third kappa shape index (κ3) is 6.63. The monoisotopic (exact) mass is 509 g/mol. The summed E-state index contributed by atoms with van der Waals surface area (Å²) in [7, 11) is 3.02. The van der Waals surface area contributed by atoms with Crippen LogP contribution < -0.4 is 14.8 Å². The normalized spacial score (nSPS) is 16.9. The van der Waals surface area contributed by atoms with Crippen LogP contribution in [0.25, 0.3) is 0 Å². The van der Waals surface area contributed by atoms with Crippen molar-refractivity contribution >= 4 is 51.9 Å². The van der Waals surface area contributed by atoms with Crippen LogP contribution in [0.4, 0.5) is 20.2 Å². The molecule has 1 atom stereocenters. The molecule has 1 aliphatic rings. The second-order valence-corrected chi connectivity index (χ2v) is 9.42. The second-order valence-electron chi connectivity index (χ2n) is 7.18. The topological polar surface area (TPSA) is 80.2 Å². The summed E-state index contributed by atoms with van der Waals surface area (Å²) < 4.78 is 35.6. The number of halogens is 2. The summed E-state index contributed by atoms with van der Waals surface area (Å²) in [5.41, 5.74) is 0.990. The smallest absolute Gasteiger partial charge is 0.288 e. The molecule has 1 unspecified atom stereocenters. The van der Waals surface area contributed by atoms with E-state index in [-0.39, 0.29) is 18.2 Å². The molecule has 2 amide bonds. The first-order valence-corrected chi connectivity index (χ1v) is 12.2. The average molecular weight is 510 g/mol. The number of aliphatic imine (C=N–C) groups is 1. The van der Waals surface area contributed by atoms with Crippen LogP contribution in [0.5, 0.6) is 11.5 Å². The van der Waals surface area contributed by atoms with Gasteiger partial charge in [0.25, 0.3) is 5.76 Å². The molecular weight excluding hydrogens is 484 g/mol. The van der Waals surface area contributed by atoms with Crippen LogP contribution in [0.2, 0.25) is 0 Å². The Balaban J connectivity index is 1.73. The number of nitrogens with zero attached hydrogens (tertiary/aromatic N) is 2. The van der Waals surface area contributed by atoms with Crippen molar-refractivity contribution in [1.29, 1.82) is 0 Å². The van der Waals surface area contributed by atoms with E-state index in [2.05, 4.69) is 10.3 Å². The van der Waals surface area contributed by atoms with E-state index in [1.54, 1.807) is 47.4 Å². The number of thioether (sulfide) groups is 2. The van der Waals surface area contributed by atoms with Gasteiger partial charge < -0.3 is 14.8 Å². The number of anilines is 1. The van der Waals surface area contributed by atoms with Gasteiger partial charge in [-0.1, -0.05) is 30.4 Å². The number of carbonyl (C=O) groups excluding carboxylic acids is 2.